The SMILES string of the molecule is CC=C[C@@H](O)CNC. The fourth-order valence-electron chi connectivity index (χ4n) is 0.499. The highest BCUT2D eigenvalue weighted by Crippen LogP contribution is 1.80. The number of rotatable bonds is 3. The van der Waals surface area contributed by atoms with E-state index in [9.17, 15) is 0 Å². The lowest BCUT2D eigenvalue weighted by atomic mass is 10.3. The maximum atomic E-state index is 8.90. The molecule has 0 spiro atoms. The first-order valence-electron chi connectivity index (χ1n) is 2.76. The summed E-state index contributed by atoms with van der Waals surface area (Å²) in [4.78, 5) is 0. The molecule has 0 aromatic heterocycles. The summed E-state index contributed by atoms with van der Waals surface area (Å²) in [6.45, 7) is 2.52. The van der Waals surface area contributed by atoms with Gasteiger partial charge in [0.15, 0.2) is 0 Å². The van der Waals surface area contributed by atoms with Gasteiger partial charge in [0.05, 0.1) is 6.10 Å². The Morgan fingerprint density at radius 1 is 1.75 bits per heavy atom. The summed E-state index contributed by atoms with van der Waals surface area (Å²) in [6, 6.07) is 0. The molecule has 0 saturated heterocycles. The molecule has 0 bridgehead atoms. The van der Waals surface area contributed by atoms with Gasteiger partial charge in [0.25, 0.3) is 0 Å². The van der Waals surface area contributed by atoms with Gasteiger partial charge in [-0.25, -0.2) is 0 Å². The average Bonchev–Trinajstić information content (AvgIpc) is 1.68. The van der Waals surface area contributed by atoms with Crippen molar-refractivity contribution in [2.45, 2.75) is 13.0 Å². The van der Waals surface area contributed by atoms with Crippen LogP contribution in [0, 0.1) is 0 Å². The summed E-state index contributed by atoms with van der Waals surface area (Å²) < 4.78 is 0. The minimum absolute atomic E-state index is 0.329. The van der Waals surface area contributed by atoms with Crippen LogP contribution < -0.4 is 5.32 Å². The molecule has 0 rings (SSSR count). The summed E-state index contributed by atoms with van der Waals surface area (Å²) in [7, 11) is 1.81. The van der Waals surface area contributed by atoms with Crippen LogP contribution in [0.25, 0.3) is 0 Å². The van der Waals surface area contributed by atoms with Gasteiger partial charge < -0.3 is 10.4 Å². The van der Waals surface area contributed by atoms with E-state index in [1.54, 1.807) is 6.08 Å². The van der Waals surface area contributed by atoms with Crippen LogP contribution in [0.15, 0.2) is 12.2 Å². The van der Waals surface area contributed by atoms with E-state index in [1.807, 2.05) is 20.0 Å². The van der Waals surface area contributed by atoms with E-state index in [2.05, 4.69) is 5.32 Å². The van der Waals surface area contributed by atoms with E-state index in [4.69, 9.17) is 5.11 Å². The molecule has 0 aromatic carbocycles. The molecule has 2 N–H and O–H groups in total. The highest BCUT2D eigenvalue weighted by atomic mass is 16.3. The van der Waals surface area contributed by atoms with Gasteiger partial charge in [0.2, 0.25) is 0 Å². The zero-order chi connectivity index (χ0) is 6.41. The average molecular weight is 115 g/mol. The Kier molecular flexibility index (Phi) is 4.61. The van der Waals surface area contributed by atoms with Crippen LogP contribution in [0.2, 0.25) is 0 Å². The number of hydrogen-bond donors (Lipinski definition) is 2. The van der Waals surface area contributed by atoms with Crippen molar-refractivity contribution in [3.8, 4) is 0 Å². The first-order valence-corrected chi connectivity index (χ1v) is 2.76. The van der Waals surface area contributed by atoms with E-state index in [0.29, 0.717) is 6.54 Å². The van der Waals surface area contributed by atoms with E-state index >= 15 is 0 Å². The molecule has 0 aromatic rings. The minimum atomic E-state index is -0.329. The first-order chi connectivity index (χ1) is 3.81. The third kappa shape index (κ3) is 3.84. The molecule has 0 fully saturated rings. The lowest BCUT2D eigenvalue weighted by Crippen LogP contribution is -2.20. The zero-order valence-corrected chi connectivity index (χ0v) is 5.39. The van der Waals surface area contributed by atoms with Crippen molar-refractivity contribution in [2.75, 3.05) is 13.6 Å². The topological polar surface area (TPSA) is 32.3 Å². The number of aliphatic hydroxyl groups excluding tert-OH is 1. The quantitative estimate of drug-likeness (QED) is 0.513. The minimum Gasteiger partial charge on any atom is -0.388 e. The Morgan fingerprint density at radius 2 is 2.38 bits per heavy atom. The summed E-state index contributed by atoms with van der Waals surface area (Å²) >= 11 is 0. The molecule has 1 atom stereocenters. The Bertz CT molecular complexity index is 70.9. The predicted octanol–water partition coefficient (Wildman–Crippen LogP) is 0.143. The molecular formula is C6H13NO. The molecule has 0 radical (unpaired) electrons. The first kappa shape index (κ1) is 7.66. The molecule has 2 nitrogen and oxygen atoms in total. The normalized spacial score (nSPS) is 14.9. The number of hydrogen-bond acceptors (Lipinski definition) is 2. The van der Waals surface area contributed by atoms with Crippen LogP contribution in [0.3, 0.4) is 0 Å². The Morgan fingerprint density at radius 3 is 2.75 bits per heavy atom. The van der Waals surface area contributed by atoms with Crippen molar-refractivity contribution in [3.63, 3.8) is 0 Å². The summed E-state index contributed by atoms with van der Waals surface area (Å²) in [5.41, 5.74) is 0. The molecule has 0 saturated carbocycles. The summed E-state index contributed by atoms with van der Waals surface area (Å²) in [6.07, 6.45) is 3.25. The molecule has 8 heavy (non-hydrogen) atoms. The van der Waals surface area contributed by atoms with Gasteiger partial charge in [0, 0.05) is 6.54 Å². The highest BCUT2D eigenvalue weighted by molar-refractivity contribution is 4.85. The maximum absolute atomic E-state index is 8.90. The van der Waals surface area contributed by atoms with E-state index in [1.165, 1.54) is 0 Å². The van der Waals surface area contributed by atoms with Crippen LogP contribution >= 0.6 is 0 Å². The number of nitrogens with one attached hydrogen (secondary N) is 1. The molecule has 0 amide bonds. The summed E-state index contributed by atoms with van der Waals surface area (Å²) in [5.74, 6) is 0. The lowest BCUT2D eigenvalue weighted by Gasteiger charge is -2.00. The third-order valence-corrected chi connectivity index (χ3v) is 0.828. The molecule has 0 aliphatic heterocycles. The predicted molar refractivity (Wildman–Crippen MR) is 34.7 cm³/mol. The van der Waals surface area contributed by atoms with Crippen molar-refractivity contribution in [1.29, 1.82) is 0 Å². The second-order valence-electron chi connectivity index (χ2n) is 1.65. The largest absolute Gasteiger partial charge is 0.388 e. The zero-order valence-electron chi connectivity index (χ0n) is 5.39. The van der Waals surface area contributed by atoms with E-state index in [-0.39, 0.29) is 6.10 Å². The highest BCUT2D eigenvalue weighted by Gasteiger charge is 1.91. The Balaban J connectivity index is 3.17. The van der Waals surface area contributed by atoms with Gasteiger partial charge in [0.1, 0.15) is 0 Å². The van der Waals surface area contributed by atoms with Crippen molar-refractivity contribution >= 4 is 0 Å². The van der Waals surface area contributed by atoms with Crippen LogP contribution in [-0.4, -0.2) is 24.8 Å². The van der Waals surface area contributed by atoms with Crippen molar-refractivity contribution in [3.05, 3.63) is 12.2 Å². The monoisotopic (exact) mass is 115 g/mol. The second kappa shape index (κ2) is 4.81. The van der Waals surface area contributed by atoms with E-state index < -0.39 is 0 Å². The smallest absolute Gasteiger partial charge is 0.0845 e. The van der Waals surface area contributed by atoms with Gasteiger partial charge in [-0.3, -0.25) is 0 Å². The Hall–Kier alpha value is -0.340. The maximum Gasteiger partial charge on any atom is 0.0845 e. The van der Waals surface area contributed by atoms with Crippen molar-refractivity contribution in [1.82, 2.24) is 5.32 Å². The molecule has 2 heteroatoms. The number of allylic oxidation sites excluding steroid dienone is 1. The van der Waals surface area contributed by atoms with Crippen LogP contribution in [0.4, 0.5) is 0 Å². The van der Waals surface area contributed by atoms with Crippen LogP contribution in [0.5, 0.6) is 0 Å². The van der Waals surface area contributed by atoms with Gasteiger partial charge in [-0.2, -0.15) is 0 Å². The fraction of sp³-hybridized carbons (Fsp3) is 0.667. The third-order valence-electron chi connectivity index (χ3n) is 0.828. The van der Waals surface area contributed by atoms with Gasteiger partial charge in [-0.05, 0) is 14.0 Å². The lowest BCUT2D eigenvalue weighted by molar-refractivity contribution is 0.222. The molecule has 0 aliphatic carbocycles. The van der Waals surface area contributed by atoms with Crippen molar-refractivity contribution < 1.29 is 5.11 Å². The van der Waals surface area contributed by atoms with Gasteiger partial charge in [-0.1, -0.05) is 12.2 Å². The van der Waals surface area contributed by atoms with Crippen LogP contribution in [0.1, 0.15) is 6.92 Å². The van der Waals surface area contributed by atoms with Crippen LogP contribution in [-0.2, 0) is 0 Å². The molecule has 0 heterocycles. The molecule has 48 valence electrons. The molecule has 0 unspecified atom stereocenters. The standard InChI is InChI=1S/C6H13NO/c1-3-4-6(8)5-7-2/h3-4,6-8H,5H2,1-2H3/t6-/m1/s1. The van der Waals surface area contributed by atoms with Crippen molar-refractivity contribution in [2.24, 2.45) is 0 Å². The van der Waals surface area contributed by atoms with Gasteiger partial charge in [-0.15, -0.1) is 0 Å². The second-order valence-corrected chi connectivity index (χ2v) is 1.65. The van der Waals surface area contributed by atoms with Gasteiger partial charge >= 0.3 is 0 Å². The number of likely N-dealkylation sites (N-methyl/N-ethyl adjacent to an activating group) is 1. The fourth-order valence-corrected chi connectivity index (χ4v) is 0.499. The molecule has 0 aliphatic rings. The molecular weight excluding hydrogens is 102 g/mol. The summed E-state index contributed by atoms with van der Waals surface area (Å²) in [5, 5.41) is 11.8. The Labute approximate surface area is 50.2 Å². The number of aliphatic hydroxyl groups is 1. The van der Waals surface area contributed by atoms with E-state index in [0.717, 1.165) is 0 Å².